The molecule has 10 unspecified atom stereocenters. The Balaban J connectivity index is 2.24. The van der Waals surface area contributed by atoms with Gasteiger partial charge in [-0.05, 0) is 17.9 Å². The molecule has 1 aliphatic rings. The molecule has 0 saturated carbocycles. The number of benzene rings is 1. The molecule has 10 atom stereocenters. The number of hydrogen-bond donors (Lipinski definition) is 13. The van der Waals surface area contributed by atoms with Gasteiger partial charge in [-0.15, -0.1) is 0 Å². The molecule has 1 fully saturated rings. The van der Waals surface area contributed by atoms with E-state index < -0.39 is 122 Å². The van der Waals surface area contributed by atoms with Crippen molar-refractivity contribution in [1.82, 2.24) is 21.3 Å². The molecule has 1 saturated heterocycles. The Hall–Kier alpha value is -4.28. The van der Waals surface area contributed by atoms with Gasteiger partial charge in [0.1, 0.15) is 36.5 Å². The van der Waals surface area contributed by atoms with Crippen molar-refractivity contribution in [3.8, 4) is 0 Å². The summed E-state index contributed by atoms with van der Waals surface area (Å²) < 4.78 is 5.19. The number of carbonyl (C=O) groups is 6. The number of nitrogens with one attached hydrogen (secondary N) is 4. The molecule has 0 aromatic heterocycles. The first-order valence-electron chi connectivity index (χ1n) is 17.5. The van der Waals surface area contributed by atoms with E-state index in [1.54, 1.807) is 6.07 Å². The average Bonchev–Trinajstić information content (AvgIpc) is 3.11. The number of carboxylic acids is 1. The molecule has 5 amide bonds. The van der Waals surface area contributed by atoms with Crippen LogP contribution in [0.2, 0.25) is 0 Å². The third-order valence-corrected chi connectivity index (χ3v) is 8.86. The lowest BCUT2D eigenvalue weighted by atomic mass is 9.95. The van der Waals surface area contributed by atoms with Gasteiger partial charge in [-0.3, -0.25) is 24.0 Å². The first-order valence-corrected chi connectivity index (χ1v) is 17.5. The minimum atomic E-state index is -2.45. The van der Waals surface area contributed by atoms with Gasteiger partial charge in [0.15, 0.2) is 12.1 Å². The van der Waals surface area contributed by atoms with Crippen LogP contribution in [-0.4, -0.2) is 139 Å². The lowest BCUT2D eigenvalue weighted by molar-refractivity contribution is -0.318. The third-order valence-electron chi connectivity index (χ3n) is 8.86. The molecule has 20 nitrogen and oxygen atoms in total. The number of aliphatic hydroxyl groups excluding tert-OH is 5. The highest BCUT2D eigenvalue weighted by atomic mass is 16.6. The number of nitrogens with two attached hydrogens (primary N) is 2. The van der Waals surface area contributed by atoms with E-state index in [1.807, 2.05) is 10.6 Å². The van der Waals surface area contributed by atoms with Crippen molar-refractivity contribution < 1.29 is 69.2 Å². The molecule has 0 radical (unpaired) electrons. The summed E-state index contributed by atoms with van der Waals surface area (Å²) in [5, 5.41) is 81.0. The molecule has 54 heavy (non-hydrogen) atoms. The van der Waals surface area contributed by atoms with Crippen LogP contribution in [0.1, 0.15) is 70.5 Å². The van der Waals surface area contributed by atoms with Crippen LogP contribution < -0.4 is 32.7 Å². The van der Waals surface area contributed by atoms with Gasteiger partial charge in [0.05, 0.1) is 19.6 Å². The molecule has 0 aliphatic carbocycles. The number of rotatable bonds is 23. The Morgan fingerprint density at radius 1 is 0.870 bits per heavy atom. The maximum atomic E-state index is 13.4. The van der Waals surface area contributed by atoms with Crippen LogP contribution in [-0.2, 0) is 33.5 Å². The minimum Gasteiger partial charge on any atom is -0.480 e. The van der Waals surface area contributed by atoms with Gasteiger partial charge in [0.25, 0.3) is 0 Å². The number of aliphatic carboxylic acids is 1. The highest BCUT2D eigenvalue weighted by Gasteiger charge is 2.48. The summed E-state index contributed by atoms with van der Waals surface area (Å²) in [5.74, 6) is -9.82. The molecule has 20 heteroatoms. The van der Waals surface area contributed by atoms with Crippen LogP contribution in [0.3, 0.4) is 0 Å². The highest BCUT2D eigenvalue weighted by molar-refractivity contribution is 5.98. The Labute approximate surface area is 311 Å². The number of carboxylic acid groups (broad SMARTS) is 1. The minimum absolute atomic E-state index is 0.0850. The smallest absolute Gasteiger partial charge is 0.329 e. The van der Waals surface area contributed by atoms with Crippen molar-refractivity contribution in [3.63, 3.8) is 0 Å². The standard InChI is InChI=1S/C34H54N6O14/c1-17(2)9-5-3-8-12-19(37-16-34(53)29(47)27(45)21(41)15-54-34)13-23(43)38-20(14-22(35)42)31(49)39-24(28(46)30(36)48)32(50)40-25(33(51)52)26(44)18-10-6-4-7-11-18/h4,6-7,10-11,17,19-21,24-29,37,41,44-47,53H,3,5,8-9,12-16H2,1-2H3,(H2,35,42)(H2,36,48)(H,38,43)(H,39,49)(H,40,50)(H,51,52). The zero-order valence-electron chi connectivity index (χ0n) is 30.2. The molecule has 1 aliphatic heterocycles. The molecular weight excluding hydrogens is 716 g/mol. The lowest BCUT2D eigenvalue weighted by Crippen LogP contribution is -2.65. The summed E-state index contributed by atoms with van der Waals surface area (Å²) in [7, 11) is 0. The molecule has 2 rings (SSSR count). The third kappa shape index (κ3) is 14.2. The van der Waals surface area contributed by atoms with E-state index in [4.69, 9.17) is 16.2 Å². The van der Waals surface area contributed by atoms with Gasteiger partial charge in [-0.25, -0.2) is 4.79 Å². The van der Waals surface area contributed by atoms with Crippen LogP contribution in [0.25, 0.3) is 0 Å². The van der Waals surface area contributed by atoms with Gasteiger partial charge in [0, 0.05) is 12.5 Å². The number of amides is 5. The fourth-order valence-electron chi connectivity index (χ4n) is 5.69. The Morgan fingerprint density at radius 3 is 2.06 bits per heavy atom. The van der Waals surface area contributed by atoms with Crippen molar-refractivity contribution in [2.24, 2.45) is 17.4 Å². The molecule has 304 valence electrons. The number of aliphatic hydroxyl groups is 6. The summed E-state index contributed by atoms with van der Waals surface area (Å²) in [6, 6.07) is 0.468. The summed E-state index contributed by atoms with van der Waals surface area (Å²) >= 11 is 0. The fraction of sp³-hybridized carbons (Fsp3) is 0.647. The molecule has 15 N–H and O–H groups in total. The van der Waals surface area contributed by atoms with Gasteiger partial charge in [-0.1, -0.05) is 69.9 Å². The fourth-order valence-corrected chi connectivity index (χ4v) is 5.69. The summed E-state index contributed by atoms with van der Waals surface area (Å²) in [5.41, 5.74) is 10.6. The molecular formula is C34H54N6O14. The van der Waals surface area contributed by atoms with E-state index in [0.717, 1.165) is 19.3 Å². The normalized spacial score (nSPS) is 23.2. The largest absolute Gasteiger partial charge is 0.480 e. The first-order chi connectivity index (χ1) is 25.3. The topological polar surface area (TPSA) is 353 Å². The van der Waals surface area contributed by atoms with Gasteiger partial charge < -0.3 is 73.2 Å². The van der Waals surface area contributed by atoms with E-state index in [9.17, 15) is 64.5 Å². The SMILES string of the molecule is CC(C)CCCCCC(CC(=O)NC(CC(N)=O)C(=O)NC(C(=O)NC(C(=O)O)C(O)c1ccccc1)C(O)C(N)=O)NCC1(O)OCC(O)C(O)C1O. The summed E-state index contributed by atoms with van der Waals surface area (Å²) in [6.07, 6.45) is -7.04. The van der Waals surface area contributed by atoms with E-state index in [2.05, 4.69) is 24.5 Å². The molecule has 1 aromatic rings. The second-order valence-electron chi connectivity index (χ2n) is 13.8. The van der Waals surface area contributed by atoms with E-state index >= 15 is 0 Å². The molecule has 0 spiro atoms. The summed E-state index contributed by atoms with van der Waals surface area (Å²) in [6.45, 7) is 3.16. The average molecular weight is 771 g/mol. The maximum Gasteiger partial charge on any atom is 0.329 e. The number of carbonyl (C=O) groups excluding carboxylic acids is 5. The van der Waals surface area contributed by atoms with Crippen LogP contribution in [0.15, 0.2) is 30.3 Å². The summed E-state index contributed by atoms with van der Waals surface area (Å²) in [4.78, 5) is 75.8. The van der Waals surface area contributed by atoms with Crippen molar-refractivity contribution in [1.29, 1.82) is 0 Å². The van der Waals surface area contributed by atoms with Gasteiger partial charge in [-0.2, -0.15) is 0 Å². The monoisotopic (exact) mass is 770 g/mol. The number of primary amides is 2. The Bertz CT molecular complexity index is 1420. The van der Waals surface area contributed by atoms with Crippen LogP contribution >= 0.6 is 0 Å². The highest BCUT2D eigenvalue weighted by Crippen LogP contribution is 2.24. The second kappa shape index (κ2) is 21.6. The maximum absolute atomic E-state index is 13.4. The Morgan fingerprint density at radius 2 is 1.48 bits per heavy atom. The predicted molar refractivity (Wildman–Crippen MR) is 187 cm³/mol. The number of hydrogen-bond acceptors (Lipinski definition) is 14. The Kier molecular flexibility index (Phi) is 18.3. The van der Waals surface area contributed by atoms with Gasteiger partial charge >= 0.3 is 5.97 Å². The molecule has 1 aromatic carbocycles. The van der Waals surface area contributed by atoms with Crippen molar-refractivity contribution in [2.45, 2.75) is 119 Å². The number of unbranched alkanes of at least 4 members (excludes halogenated alkanes) is 2. The quantitative estimate of drug-likeness (QED) is 0.0469. The first kappa shape index (κ1) is 45.9. The molecule has 1 heterocycles. The van der Waals surface area contributed by atoms with Crippen LogP contribution in [0, 0.1) is 5.92 Å². The lowest BCUT2D eigenvalue weighted by Gasteiger charge is -2.42. The zero-order valence-corrected chi connectivity index (χ0v) is 30.2. The predicted octanol–water partition coefficient (Wildman–Crippen LogP) is -4.26. The van der Waals surface area contributed by atoms with Crippen LogP contribution in [0.4, 0.5) is 0 Å². The molecule has 0 bridgehead atoms. The van der Waals surface area contributed by atoms with Crippen molar-refractivity contribution >= 4 is 35.5 Å². The van der Waals surface area contributed by atoms with E-state index in [0.29, 0.717) is 18.8 Å². The number of ether oxygens (including phenoxy) is 1. The van der Waals surface area contributed by atoms with Crippen molar-refractivity contribution in [3.05, 3.63) is 35.9 Å². The van der Waals surface area contributed by atoms with E-state index in [1.165, 1.54) is 24.3 Å². The van der Waals surface area contributed by atoms with E-state index in [-0.39, 0.29) is 5.56 Å². The van der Waals surface area contributed by atoms with Gasteiger partial charge in [0.2, 0.25) is 35.3 Å². The zero-order chi connectivity index (χ0) is 40.7. The van der Waals surface area contributed by atoms with Crippen molar-refractivity contribution in [2.75, 3.05) is 13.2 Å². The second-order valence-corrected chi connectivity index (χ2v) is 13.8. The van der Waals surface area contributed by atoms with Crippen LogP contribution in [0.5, 0.6) is 0 Å².